The largest absolute Gasteiger partial charge is 0.393 e. The first-order valence-electron chi connectivity index (χ1n) is 13.1. The Morgan fingerprint density at radius 2 is 1.63 bits per heavy atom. The molecule has 10 atom stereocenters. The van der Waals surface area contributed by atoms with Crippen molar-refractivity contribution in [1.82, 2.24) is 0 Å². The molecular weight excluding hydrogens is 372 g/mol. The summed E-state index contributed by atoms with van der Waals surface area (Å²) >= 11 is 0. The van der Waals surface area contributed by atoms with Gasteiger partial charge in [-0.25, -0.2) is 0 Å². The van der Waals surface area contributed by atoms with Crippen LogP contribution in [-0.2, 0) is 0 Å². The van der Waals surface area contributed by atoms with E-state index in [0.29, 0.717) is 29.6 Å². The van der Waals surface area contributed by atoms with E-state index in [9.17, 15) is 15.3 Å². The van der Waals surface area contributed by atoms with Crippen molar-refractivity contribution in [3.05, 3.63) is 0 Å². The van der Waals surface area contributed by atoms with Crippen molar-refractivity contribution in [2.45, 2.75) is 123 Å². The molecule has 4 aliphatic carbocycles. The first-order valence-corrected chi connectivity index (χ1v) is 13.1. The summed E-state index contributed by atoms with van der Waals surface area (Å²) in [6.07, 6.45) is 10.7. The van der Waals surface area contributed by atoms with Gasteiger partial charge in [-0.15, -0.1) is 0 Å². The zero-order valence-electron chi connectivity index (χ0n) is 20.2. The van der Waals surface area contributed by atoms with Crippen LogP contribution >= 0.6 is 0 Å². The van der Waals surface area contributed by atoms with Gasteiger partial charge in [0.25, 0.3) is 0 Å². The fourth-order valence-electron chi connectivity index (χ4n) is 9.29. The van der Waals surface area contributed by atoms with Crippen molar-refractivity contribution in [3.63, 3.8) is 0 Å². The summed E-state index contributed by atoms with van der Waals surface area (Å²) in [4.78, 5) is 0. The van der Waals surface area contributed by atoms with Gasteiger partial charge in [-0.2, -0.15) is 0 Å². The van der Waals surface area contributed by atoms with Gasteiger partial charge in [-0.3, -0.25) is 0 Å². The minimum absolute atomic E-state index is 0.253. The van der Waals surface area contributed by atoms with Crippen molar-refractivity contribution in [2.75, 3.05) is 0 Å². The van der Waals surface area contributed by atoms with E-state index in [1.165, 1.54) is 44.9 Å². The summed E-state index contributed by atoms with van der Waals surface area (Å²) < 4.78 is 0. The van der Waals surface area contributed by atoms with Crippen LogP contribution in [-0.4, -0.2) is 33.1 Å². The maximum atomic E-state index is 11.6. The average molecular weight is 421 g/mol. The molecule has 4 aliphatic rings. The Morgan fingerprint density at radius 3 is 2.33 bits per heavy atom. The van der Waals surface area contributed by atoms with Crippen molar-refractivity contribution >= 4 is 0 Å². The summed E-state index contributed by atoms with van der Waals surface area (Å²) in [5.74, 6) is 4.13. The predicted molar refractivity (Wildman–Crippen MR) is 122 cm³/mol. The highest BCUT2D eigenvalue weighted by atomic mass is 16.3. The molecule has 0 aromatic carbocycles. The van der Waals surface area contributed by atoms with Crippen LogP contribution in [0.1, 0.15) is 105 Å². The molecule has 0 bridgehead atoms. The van der Waals surface area contributed by atoms with Crippen molar-refractivity contribution in [1.29, 1.82) is 0 Å². The Balaban J connectivity index is 1.53. The second-order valence-electron chi connectivity index (χ2n) is 12.9. The molecule has 4 saturated carbocycles. The molecule has 0 aromatic rings. The molecule has 0 heterocycles. The van der Waals surface area contributed by atoms with Crippen molar-refractivity contribution in [2.24, 2.45) is 46.3 Å². The van der Waals surface area contributed by atoms with Gasteiger partial charge in [0.05, 0.1) is 17.8 Å². The minimum atomic E-state index is -1.11. The first-order chi connectivity index (χ1) is 14.0. The fraction of sp³-hybridized carbons (Fsp3) is 1.00. The molecule has 3 N–H and O–H groups in total. The lowest BCUT2D eigenvalue weighted by Crippen LogP contribution is -2.68. The van der Waals surface area contributed by atoms with Gasteiger partial charge in [0, 0.05) is 11.8 Å². The molecule has 0 aliphatic heterocycles. The standard InChI is InChI=1S/C27H48O3/c1-17(2)7-6-8-18(3)21-9-10-22-20-15-24(29)27(30)16-19(28)11-14-26(27,5)23(20)12-13-25(21,22)4/h17-24,28-30H,6-16H2,1-5H3/t18-,19-,20+,21-,22-,23+,24-,25+,26+,27-/m0/s1. The summed E-state index contributed by atoms with van der Waals surface area (Å²) in [5.41, 5.74) is -0.962. The lowest BCUT2D eigenvalue weighted by molar-refractivity contribution is -0.264. The monoisotopic (exact) mass is 420 g/mol. The molecule has 4 rings (SSSR count). The summed E-state index contributed by atoms with van der Waals surface area (Å²) in [6, 6.07) is 0. The third-order valence-electron chi connectivity index (χ3n) is 11.0. The fourth-order valence-corrected chi connectivity index (χ4v) is 9.29. The number of aliphatic hydroxyl groups is 3. The Hall–Kier alpha value is -0.120. The third-order valence-corrected chi connectivity index (χ3v) is 11.0. The van der Waals surface area contributed by atoms with Crippen molar-refractivity contribution < 1.29 is 15.3 Å². The molecule has 0 unspecified atom stereocenters. The van der Waals surface area contributed by atoms with E-state index in [1.54, 1.807) is 0 Å². The van der Waals surface area contributed by atoms with Gasteiger partial charge < -0.3 is 15.3 Å². The molecule has 174 valence electrons. The van der Waals surface area contributed by atoms with Crippen LogP contribution in [0.4, 0.5) is 0 Å². The lowest BCUT2D eigenvalue weighted by Gasteiger charge is -2.65. The van der Waals surface area contributed by atoms with Gasteiger partial charge in [0.2, 0.25) is 0 Å². The number of hydrogen-bond acceptors (Lipinski definition) is 3. The maximum Gasteiger partial charge on any atom is 0.0985 e. The molecule has 0 radical (unpaired) electrons. The molecule has 0 spiro atoms. The molecular formula is C27H48O3. The van der Waals surface area contributed by atoms with Crippen LogP contribution in [0.2, 0.25) is 0 Å². The van der Waals surface area contributed by atoms with E-state index in [0.717, 1.165) is 37.0 Å². The minimum Gasteiger partial charge on any atom is -0.393 e. The molecule has 0 aromatic heterocycles. The number of hydrogen-bond donors (Lipinski definition) is 3. The molecule has 4 fully saturated rings. The van der Waals surface area contributed by atoms with E-state index >= 15 is 0 Å². The van der Waals surface area contributed by atoms with E-state index in [2.05, 4.69) is 34.6 Å². The van der Waals surface area contributed by atoms with E-state index in [1.807, 2.05) is 0 Å². The number of rotatable bonds is 5. The van der Waals surface area contributed by atoms with Crippen LogP contribution in [0.15, 0.2) is 0 Å². The molecule has 30 heavy (non-hydrogen) atoms. The lowest BCUT2D eigenvalue weighted by atomic mass is 9.42. The summed E-state index contributed by atoms with van der Waals surface area (Å²) in [6.45, 7) is 12.0. The third kappa shape index (κ3) is 3.41. The average Bonchev–Trinajstić information content (AvgIpc) is 3.01. The number of aliphatic hydroxyl groups excluding tert-OH is 2. The Bertz CT molecular complexity index is 619. The number of fused-ring (bicyclic) bond motifs is 5. The van der Waals surface area contributed by atoms with E-state index in [4.69, 9.17) is 0 Å². The normalized spacial score (nSPS) is 51.9. The van der Waals surface area contributed by atoms with E-state index < -0.39 is 17.8 Å². The van der Waals surface area contributed by atoms with E-state index in [-0.39, 0.29) is 5.41 Å². The Kier molecular flexibility index (Phi) is 6.17. The molecule has 0 saturated heterocycles. The first kappa shape index (κ1) is 23.1. The highest BCUT2D eigenvalue weighted by Gasteiger charge is 2.67. The Morgan fingerprint density at radius 1 is 0.900 bits per heavy atom. The van der Waals surface area contributed by atoms with Crippen LogP contribution in [0, 0.1) is 46.3 Å². The molecule has 3 heteroatoms. The van der Waals surface area contributed by atoms with Gasteiger partial charge in [-0.05, 0) is 85.9 Å². The van der Waals surface area contributed by atoms with Crippen LogP contribution in [0.25, 0.3) is 0 Å². The second-order valence-corrected chi connectivity index (χ2v) is 12.9. The van der Waals surface area contributed by atoms with Crippen LogP contribution in [0.5, 0.6) is 0 Å². The van der Waals surface area contributed by atoms with Crippen molar-refractivity contribution in [3.8, 4) is 0 Å². The summed E-state index contributed by atoms with van der Waals surface area (Å²) in [7, 11) is 0. The summed E-state index contributed by atoms with van der Waals surface area (Å²) in [5, 5.41) is 33.0. The van der Waals surface area contributed by atoms with Crippen LogP contribution < -0.4 is 0 Å². The van der Waals surface area contributed by atoms with Crippen LogP contribution in [0.3, 0.4) is 0 Å². The second kappa shape index (κ2) is 8.03. The Labute approximate surface area is 185 Å². The highest BCUT2D eigenvalue weighted by Crippen LogP contribution is 2.69. The zero-order chi connectivity index (χ0) is 21.9. The van der Waals surface area contributed by atoms with Gasteiger partial charge >= 0.3 is 0 Å². The van der Waals surface area contributed by atoms with Gasteiger partial charge in [-0.1, -0.05) is 53.9 Å². The zero-order valence-corrected chi connectivity index (χ0v) is 20.2. The predicted octanol–water partition coefficient (Wildman–Crippen LogP) is 5.55. The highest BCUT2D eigenvalue weighted by molar-refractivity contribution is 5.17. The maximum absolute atomic E-state index is 11.6. The quantitative estimate of drug-likeness (QED) is 0.546. The van der Waals surface area contributed by atoms with Gasteiger partial charge in [0.15, 0.2) is 0 Å². The molecule has 3 nitrogen and oxygen atoms in total. The van der Waals surface area contributed by atoms with Gasteiger partial charge in [0.1, 0.15) is 0 Å². The molecule has 0 amide bonds. The SMILES string of the molecule is CC(C)CCC[C@H](C)[C@@H]1CC[C@H]2[C@H]3C[C@H](O)[C@@]4(O)C[C@@H](O)CC[C@]4(C)[C@@H]3CC[C@@]21C. The smallest absolute Gasteiger partial charge is 0.0985 e. The topological polar surface area (TPSA) is 60.7 Å².